The van der Waals surface area contributed by atoms with Crippen molar-refractivity contribution in [2.24, 2.45) is 0 Å². The minimum absolute atomic E-state index is 0.520. The number of aromatic nitrogens is 1. The Morgan fingerprint density at radius 2 is 0.969 bits per heavy atom. The first kappa shape index (κ1) is 36.2. The van der Waals surface area contributed by atoms with E-state index in [1.165, 1.54) is 38.9 Å². The zero-order valence-electron chi connectivity index (χ0n) is 34.7. The van der Waals surface area contributed by atoms with Gasteiger partial charge in [0.05, 0.1) is 16.7 Å². The molecule has 12 aromatic rings. The largest absolute Gasteiger partial charge is 0.455 e. The van der Waals surface area contributed by atoms with Gasteiger partial charge < -0.3 is 13.7 Å². The highest BCUT2D eigenvalue weighted by atomic mass is 16.3. The number of hydrogen-bond acceptors (Lipinski definition) is 4. The summed E-state index contributed by atoms with van der Waals surface area (Å²) in [4.78, 5) is 7.45. The smallest absolute Gasteiger partial charge is 0.229 e. The van der Waals surface area contributed by atoms with Gasteiger partial charge in [0, 0.05) is 27.5 Å². The summed E-state index contributed by atoms with van der Waals surface area (Å²) in [5, 5.41) is 4.21. The van der Waals surface area contributed by atoms with E-state index in [1.807, 2.05) is 36.4 Å². The first-order chi connectivity index (χ1) is 31.7. The van der Waals surface area contributed by atoms with Gasteiger partial charge in [0.1, 0.15) is 16.7 Å². The first-order valence-electron chi connectivity index (χ1n) is 21.8. The van der Waals surface area contributed by atoms with Crippen molar-refractivity contribution in [1.29, 1.82) is 0 Å². The molecule has 0 atom stereocenters. The van der Waals surface area contributed by atoms with Crippen molar-refractivity contribution in [3.8, 4) is 33.7 Å². The van der Waals surface area contributed by atoms with Crippen LogP contribution in [0.25, 0.3) is 77.5 Å². The van der Waals surface area contributed by atoms with E-state index in [1.54, 1.807) is 0 Å². The van der Waals surface area contributed by atoms with Gasteiger partial charge in [0.15, 0.2) is 5.58 Å². The van der Waals surface area contributed by atoms with E-state index in [-0.39, 0.29) is 0 Å². The molecule has 1 aliphatic carbocycles. The topological polar surface area (TPSA) is 42.4 Å². The summed E-state index contributed by atoms with van der Waals surface area (Å²) >= 11 is 0. The van der Waals surface area contributed by atoms with Gasteiger partial charge in [0.2, 0.25) is 5.89 Å². The van der Waals surface area contributed by atoms with Crippen LogP contribution >= 0.6 is 0 Å². The molecule has 0 unspecified atom stereocenters. The van der Waals surface area contributed by atoms with E-state index >= 15 is 0 Å². The van der Waals surface area contributed by atoms with Crippen molar-refractivity contribution in [1.82, 2.24) is 4.98 Å². The third-order valence-corrected chi connectivity index (χ3v) is 13.2. The van der Waals surface area contributed by atoms with Crippen LogP contribution in [0.4, 0.5) is 17.1 Å². The molecular formula is C60H38N2O2. The van der Waals surface area contributed by atoms with E-state index in [0.717, 1.165) is 72.0 Å². The fourth-order valence-electron chi connectivity index (χ4n) is 10.3. The van der Waals surface area contributed by atoms with E-state index in [4.69, 9.17) is 13.8 Å². The second kappa shape index (κ2) is 14.3. The fourth-order valence-corrected chi connectivity index (χ4v) is 10.3. The number of hydrogen-bond donors (Lipinski definition) is 0. The van der Waals surface area contributed by atoms with Crippen LogP contribution in [-0.2, 0) is 5.41 Å². The third kappa shape index (κ3) is 5.46. The number of fused-ring (bicyclic) bond motifs is 9. The Balaban J connectivity index is 1.07. The lowest BCUT2D eigenvalue weighted by atomic mass is 9.68. The summed E-state index contributed by atoms with van der Waals surface area (Å²) < 4.78 is 13.3. The number of para-hydroxylation sites is 3. The lowest BCUT2D eigenvalue weighted by molar-refractivity contribution is 0.620. The molecule has 2 aromatic heterocycles. The zero-order chi connectivity index (χ0) is 42.2. The molecule has 0 radical (unpaired) electrons. The maximum atomic E-state index is 6.70. The van der Waals surface area contributed by atoms with Gasteiger partial charge in [-0.05, 0) is 111 Å². The molecule has 0 amide bonds. The second-order valence-electron chi connectivity index (χ2n) is 16.6. The summed E-state index contributed by atoms with van der Waals surface area (Å²) in [6, 6.07) is 82.4. The Bertz CT molecular complexity index is 3640. The van der Waals surface area contributed by atoms with Crippen LogP contribution in [0.3, 0.4) is 0 Å². The molecule has 13 rings (SSSR count). The maximum Gasteiger partial charge on any atom is 0.229 e. The molecule has 2 heterocycles. The van der Waals surface area contributed by atoms with E-state index < -0.39 is 5.41 Å². The number of oxazole rings is 1. The molecule has 10 aromatic carbocycles. The van der Waals surface area contributed by atoms with Crippen molar-refractivity contribution in [2.75, 3.05) is 4.90 Å². The van der Waals surface area contributed by atoms with Crippen molar-refractivity contribution in [2.45, 2.75) is 5.41 Å². The molecule has 0 N–H and O–H groups in total. The van der Waals surface area contributed by atoms with Gasteiger partial charge in [-0.25, -0.2) is 4.98 Å². The SMILES string of the molecule is c1ccc(-c2ccc(N(c3ccc(C4(c5ccccc5)c5ccccc5-c5ccccc54)cc3)c3cc4c(ccc5c6ccccc6oc45)cc3-c3nc4ccccc4o3)cc2)cc1. The number of nitrogens with zero attached hydrogens (tertiary/aromatic N) is 2. The van der Waals surface area contributed by atoms with Gasteiger partial charge in [-0.3, -0.25) is 0 Å². The summed E-state index contributed by atoms with van der Waals surface area (Å²) in [5.74, 6) is 0.549. The Labute approximate surface area is 369 Å². The molecule has 300 valence electrons. The quantitative estimate of drug-likeness (QED) is 0.161. The molecule has 0 aliphatic heterocycles. The second-order valence-corrected chi connectivity index (χ2v) is 16.6. The zero-order valence-corrected chi connectivity index (χ0v) is 34.7. The van der Waals surface area contributed by atoms with E-state index in [2.05, 4.69) is 199 Å². The average molecular weight is 819 g/mol. The molecular weight excluding hydrogens is 781 g/mol. The minimum Gasteiger partial charge on any atom is -0.455 e. The van der Waals surface area contributed by atoms with Crippen LogP contribution in [-0.4, -0.2) is 4.98 Å². The highest BCUT2D eigenvalue weighted by molar-refractivity contribution is 6.16. The molecule has 64 heavy (non-hydrogen) atoms. The van der Waals surface area contributed by atoms with Crippen LogP contribution in [0.2, 0.25) is 0 Å². The molecule has 1 aliphatic rings. The van der Waals surface area contributed by atoms with Crippen LogP contribution in [0.5, 0.6) is 0 Å². The van der Waals surface area contributed by atoms with Crippen molar-refractivity contribution >= 4 is 60.9 Å². The van der Waals surface area contributed by atoms with Crippen LogP contribution in [0.15, 0.2) is 239 Å². The standard InChI is InChI=1S/C60H38N2O2/c1-3-15-39(16-4-1)40-27-32-44(33-28-40)62(45-34-30-43(31-35-45)60(42-17-5-2-6-18-42)52-22-10-7-19-46(52)47-20-8-11-23-53(47)60)55-38-50-41(29-36-49-48-21-9-13-25-56(48)63-58(49)50)37-51(55)59-61-54-24-12-14-26-57(54)64-59/h1-38H. The van der Waals surface area contributed by atoms with Crippen LogP contribution in [0.1, 0.15) is 22.3 Å². The Morgan fingerprint density at radius 1 is 0.391 bits per heavy atom. The Morgan fingerprint density at radius 3 is 1.69 bits per heavy atom. The molecule has 0 spiro atoms. The van der Waals surface area contributed by atoms with E-state index in [0.29, 0.717) is 5.89 Å². The van der Waals surface area contributed by atoms with Gasteiger partial charge in [0.25, 0.3) is 0 Å². The molecule has 0 saturated carbocycles. The van der Waals surface area contributed by atoms with Crippen molar-refractivity contribution in [3.05, 3.63) is 253 Å². The van der Waals surface area contributed by atoms with Gasteiger partial charge in [-0.1, -0.05) is 170 Å². The van der Waals surface area contributed by atoms with Crippen LogP contribution < -0.4 is 4.90 Å². The molecule has 4 nitrogen and oxygen atoms in total. The average Bonchev–Trinajstić information content (AvgIpc) is 4.06. The van der Waals surface area contributed by atoms with Gasteiger partial charge >= 0.3 is 0 Å². The van der Waals surface area contributed by atoms with Crippen LogP contribution in [0, 0.1) is 0 Å². The number of benzene rings is 10. The molecule has 0 saturated heterocycles. The first-order valence-corrected chi connectivity index (χ1v) is 21.8. The highest BCUT2D eigenvalue weighted by Crippen LogP contribution is 2.56. The van der Waals surface area contributed by atoms with Crippen molar-refractivity contribution in [3.63, 3.8) is 0 Å². The Kier molecular flexibility index (Phi) is 8.09. The predicted octanol–water partition coefficient (Wildman–Crippen LogP) is 16.0. The van der Waals surface area contributed by atoms with Gasteiger partial charge in [-0.2, -0.15) is 0 Å². The summed E-state index contributed by atoms with van der Waals surface area (Å²) in [6.07, 6.45) is 0. The molecule has 0 fully saturated rings. The number of anilines is 3. The molecule has 0 bridgehead atoms. The number of rotatable bonds is 7. The monoisotopic (exact) mass is 818 g/mol. The predicted molar refractivity (Wildman–Crippen MR) is 262 cm³/mol. The van der Waals surface area contributed by atoms with Crippen molar-refractivity contribution < 1.29 is 8.83 Å². The van der Waals surface area contributed by atoms with Gasteiger partial charge in [-0.15, -0.1) is 0 Å². The normalized spacial score (nSPS) is 12.8. The lowest BCUT2D eigenvalue weighted by Gasteiger charge is -2.34. The fraction of sp³-hybridized carbons (Fsp3) is 0.0167. The summed E-state index contributed by atoms with van der Waals surface area (Å²) in [5.41, 5.74) is 16.4. The maximum absolute atomic E-state index is 6.70. The minimum atomic E-state index is -0.520. The van der Waals surface area contributed by atoms with E-state index in [9.17, 15) is 0 Å². The lowest BCUT2D eigenvalue weighted by Crippen LogP contribution is -2.28. The highest BCUT2D eigenvalue weighted by Gasteiger charge is 2.45. The third-order valence-electron chi connectivity index (χ3n) is 13.2. The molecule has 4 heteroatoms. The Hall–Kier alpha value is -8.47. The number of furan rings is 1. The summed E-state index contributed by atoms with van der Waals surface area (Å²) in [7, 11) is 0. The summed E-state index contributed by atoms with van der Waals surface area (Å²) in [6.45, 7) is 0.